The summed E-state index contributed by atoms with van der Waals surface area (Å²) < 4.78 is 11.7. The van der Waals surface area contributed by atoms with Gasteiger partial charge < -0.3 is 19.9 Å². The molecule has 4 aromatic carbocycles. The summed E-state index contributed by atoms with van der Waals surface area (Å²) in [4.78, 5) is 17.6. The van der Waals surface area contributed by atoms with Crippen LogP contribution in [0.5, 0.6) is 17.2 Å². The number of methoxy groups -OCH3 is 1. The first-order valence-electron chi connectivity index (χ1n) is 12.5. The number of carbonyl (C=O) groups excluding carboxylic acids is 1. The van der Waals surface area contributed by atoms with Crippen molar-refractivity contribution in [3.63, 3.8) is 0 Å². The van der Waals surface area contributed by atoms with E-state index in [0.717, 1.165) is 11.1 Å². The SMILES string of the molecule is COc1ccc(C(NC(=O)Cc2ccccc2)c2cc(Cl)c3cccnc3c2O)cc1OCc1ccccc1. The van der Waals surface area contributed by atoms with Crippen molar-refractivity contribution in [1.82, 2.24) is 10.3 Å². The minimum Gasteiger partial charge on any atom is -0.505 e. The quantitative estimate of drug-likeness (QED) is 0.220. The zero-order chi connectivity index (χ0) is 27.2. The van der Waals surface area contributed by atoms with Gasteiger partial charge in [0.2, 0.25) is 5.91 Å². The fraction of sp³-hybridized carbons (Fsp3) is 0.125. The highest BCUT2D eigenvalue weighted by Gasteiger charge is 2.25. The molecular formula is C32H27ClN2O4. The monoisotopic (exact) mass is 538 g/mol. The molecule has 1 amide bonds. The van der Waals surface area contributed by atoms with Crippen molar-refractivity contribution in [3.05, 3.63) is 131 Å². The number of amides is 1. The minimum atomic E-state index is -0.741. The van der Waals surface area contributed by atoms with Gasteiger partial charge in [0.15, 0.2) is 11.5 Å². The Balaban J connectivity index is 1.55. The molecule has 0 bridgehead atoms. The van der Waals surface area contributed by atoms with Crippen LogP contribution in [-0.4, -0.2) is 23.1 Å². The highest BCUT2D eigenvalue weighted by atomic mass is 35.5. The van der Waals surface area contributed by atoms with Crippen LogP contribution in [0.4, 0.5) is 0 Å². The number of pyridine rings is 1. The van der Waals surface area contributed by atoms with E-state index in [1.165, 1.54) is 0 Å². The standard InChI is InChI=1S/C32H27ClN2O4/c1-38-27-15-14-23(18-28(27)39-20-22-11-6-3-7-12-22)30(35-29(36)17-21-9-4-2-5-10-21)25-19-26(33)24-13-8-16-34-31(24)32(25)37/h2-16,18-19,30,37H,17,20H2,1H3,(H,35,36). The third kappa shape index (κ3) is 5.97. The highest BCUT2D eigenvalue weighted by molar-refractivity contribution is 6.35. The second-order valence-electron chi connectivity index (χ2n) is 9.04. The van der Waals surface area contributed by atoms with Crippen molar-refractivity contribution < 1.29 is 19.4 Å². The number of hydrogen-bond acceptors (Lipinski definition) is 5. The number of aromatic nitrogens is 1. The summed E-state index contributed by atoms with van der Waals surface area (Å²) in [7, 11) is 1.57. The predicted octanol–water partition coefficient (Wildman–Crippen LogP) is 6.63. The summed E-state index contributed by atoms with van der Waals surface area (Å²) in [5.74, 6) is 0.783. The van der Waals surface area contributed by atoms with Crippen LogP contribution in [0.2, 0.25) is 5.02 Å². The van der Waals surface area contributed by atoms with Gasteiger partial charge in [0.1, 0.15) is 17.9 Å². The number of rotatable bonds is 9. The van der Waals surface area contributed by atoms with Crippen LogP contribution >= 0.6 is 11.6 Å². The summed E-state index contributed by atoms with van der Waals surface area (Å²) in [6.07, 6.45) is 1.76. The van der Waals surface area contributed by atoms with Crippen LogP contribution in [0.25, 0.3) is 10.9 Å². The first kappa shape index (κ1) is 26.1. The van der Waals surface area contributed by atoms with Crippen molar-refractivity contribution in [3.8, 4) is 17.2 Å². The summed E-state index contributed by atoms with van der Waals surface area (Å²) in [6, 6.07) is 29.2. The lowest BCUT2D eigenvalue weighted by molar-refractivity contribution is -0.120. The Morgan fingerprint density at radius 3 is 2.36 bits per heavy atom. The predicted molar refractivity (Wildman–Crippen MR) is 152 cm³/mol. The summed E-state index contributed by atoms with van der Waals surface area (Å²) in [5.41, 5.74) is 3.34. The third-order valence-corrected chi connectivity index (χ3v) is 6.74. The van der Waals surface area contributed by atoms with E-state index in [4.69, 9.17) is 21.1 Å². The van der Waals surface area contributed by atoms with E-state index >= 15 is 0 Å². The number of nitrogens with one attached hydrogen (secondary N) is 1. The van der Waals surface area contributed by atoms with E-state index in [0.29, 0.717) is 45.2 Å². The summed E-state index contributed by atoms with van der Waals surface area (Å²) >= 11 is 6.62. The number of phenols is 1. The van der Waals surface area contributed by atoms with Gasteiger partial charge >= 0.3 is 0 Å². The van der Waals surface area contributed by atoms with Gasteiger partial charge in [-0.1, -0.05) is 78.3 Å². The molecule has 0 spiro atoms. The molecule has 1 unspecified atom stereocenters. The third-order valence-electron chi connectivity index (χ3n) is 6.43. The van der Waals surface area contributed by atoms with Gasteiger partial charge in [0.25, 0.3) is 0 Å². The molecule has 1 atom stereocenters. The average Bonchev–Trinajstić information content (AvgIpc) is 2.98. The van der Waals surface area contributed by atoms with E-state index < -0.39 is 6.04 Å². The Labute approximate surface area is 231 Å². The number of nitrogens with zero attached hydrogens (tertiary/aromatic N) is 1. The maximum atomic E-state index is 13.3. The normalized spacial score (nSPS) is 11.6. The van der Waals surface area contributed by atoms with Crippen molar-refractivity contribution in [2.24, 2.45) is 0 Å². The largest absolute Gasteiger partial charge is 0.505 e. The summed E-state index contributed by atoms with van der Waals surface area (Å²) in [6.45, 7) is 0.336. The van der Waals surface area contributed by atoms with Gasteiger partial charge in [-0.2, -0.15) is 0 Å². The maximum Gasteiger partial charge on any atom is 0.225 e. The molecule has 0 fully saturated rings. The molecule has 1 heterocycles. The lowest BCUT2D eigenvalue weighted by Gasteiger charge is -2.23. The van der Waals surface area contributed by atoms with Gasteiger partial charge in [-0.15, -0.1) is 0 Å². The molecule has 5 rings (SSSR count). The average molecular weight is 539 g/mol. The summed E-state index contributed by atoms with van der Waals surface area (Å²) in [5, 5.41) is 15.4. The topological polar surface area (TPSA) is 80.7 Å². The molecule has 196 valence electrons. The number of carbonyl (C=O) groups is 1. The Kier molecular flexibility index (Phi) is 7.94. The fourth-order valence-corrected chi connectivity index (χ4v) is 4.75. The molecule has 7 heteroatoms. The Morgan fingerprint density at radius 2 is 1.64 bits per heavy atom. The van der Waals surface area contributed by atoms with E-state index in [-0.39, 0.29) is 18.1 Å². The number of ether oxygens (including phenoxy) is 2. The maximum absolute atomic E-state index is 13.3. The molecule has 0 radical (unpaired) electrons. The molecular weight excluding hydrogens is 512 g/mol. The Bertz CT molecular complexity index is 1590. The number of halogens is 1. The molecule has 0 aliphatic carbocycles. The van der Waals surface area contributed by atoms with Crippen molar-refractivity contribution in [2.75, 3.05) is 7.11 Å². The number of benzene rings is 4. The Morgan fingerprint density at radius 1 is 0.923 bits per heavy atom. The molecule has 0 aliphatic heterocycles. The lowest BCUT2D eigenvalue weighted by atomic mass is 9.95. The number of fused-ring (bicyclic) bond motifs is 1. The second kappa shape index (κ2) is 11.9. The molecule has 0 saturated heterocycles. The van der Waals surface area contributed by atoms with Crippen molar-refractivity contribution in [2.45, 2.75) is 19.1 Å². The van der Waals surface area contributed by atoms with Gasteiger partial charge in [0, 0.05) is 17.1 Å². The first-order chi connectivity index (χ1) is 19.0. The molecule has 6 nitrogen and oxygen atoms in total. The Hall–Kier alpha value is -4.55. The number of phenolic OH excluding ortho intramolecular Hbond substituents is 1. The smallest absolute Gasteiger partial charge is 0.225 e. The molecule has 0 aliphatic rings. The fourth-order valence-electron chi connectivity index (χ4n) is 4.48. The number of hydrogen-bond donors (Lipinski definition) is 2. The number of aromatic hydroxyl groups is 1. The van der Waals surface area contributed by atoms with Crippen LogP contribution in [-0.2, 0) is 17.8 Å². The van der Waals surface area contributed by atoms with Gasteiger partial charge in [-0.25, -0.2) is 0 Å². The van der Waals surface area contributed by atoms with Crippen molar-refractivity contribution in [1.29, 1.82) is 0 Å². The van der Waals surface area contributed by atoms with Crippen LogP contribution in [0.3, 0.4) is 0 Å². The molecule has 1 aromatic heterocycles. The van der Waals surface area contributed by atoms with Gasteiger partial charge in [-0.05, 0) is 47.0 Å². The van der Waals surface area contributed by atoms with E-state index in [9.17, 15) is 9.90 Å². The lowest BCUT2D eigenvalue weighted by Crippen LogP contribution is -2.30. The zero-order valence-corrected chi connectivity index (χ0v) is 22.1. The van der Waals surface area contributed by atoms with E-state index in [1.54, 1.807) is 37.6 Å². The minimum absolute atomic E-state index is 0.0532. The van der Waals surface area contributed by atoms with E-state index in [1.807, 2.05) is 72.8 Å². The highest BCUT2D eigenvalue weighted by Crippen LogP contribution is 2.40. The van der Waals surface area contributed by atoms with Crippen LogP contribution in [0, 0.1) is 0 Å². The van der Waals surface area contributed by atoms with E-state index in [2.05, 4.69) is 10.3 Å². The molecule has 39 heavy (non-hydrogen) atoms. The van der Waals surface area contributed by atoms with Gasteiger partial charge in [-0.3, -0.25) is 9.78 Å². The molecule has 2 N–H and O–H groups in total. The second-order valence-corrected chi connectivity index (χ2v) is 9.45. The van der Waals surface area contributed by atoms with Crippen LogP contribution in [0.1, 0.15) is 28.3 Å². The molecule has 0 saturated carbocycles. The van der Waals surface area contributed by atoms with Crippen LogP contribution in [0.15, 0.2) is 103 Å². The molecule has 5 aromatic rings. The van der Waals surface area contributed by atoms with Gasteiger partial charge in [0.05, 0.1) is 24.6 Å². The van der Waals surface area contributed by atoms with Crippen LogP contribution < -0.4 is 14.8 Å². The van der Waals surface area contributed by atoms with Crippen molar-refractivity contribution >= 4 is 28.4 Å². The first-order valence-corrected chi connectivity index (χ1v) is 12.9. The zero-order valence-electron chi connectivity index (χ0n) is 21.3.